The lowest BCUT2D eigenvalue weighted by Gasteiger charge is -2.08. The summed E-state index contributed by atoms with van der Waals surface area (Å²) in [6, 6.07) is -0.623. The zero-order chi connectivity index (χ0) is 14.3. The number of amides is 1. The molecule has 1 aromatic rings. The van der Waals surface area contributed by atoms with Gasteiger partial charge in [-0.1, -0.05) is 0 Å². The maximum absolute atomic E-state index is 11.6. The Hall–Kier alpha value is -1.12. The van der Waals surface area contributed by atoms with Gasteiger partial charge in [0.2, 0.25) is 5.91 Å². The Morgan fingerprint density at radius 2 is 2.37 bits per heavy atom. The number of nitrogens with one attached hydrogen (secondary N) is 1. The number of rotatable bonds is 7. The monoisotopic (exact) mass is 303 g/mol. The zero-order valence-electron chi connectivity index (χ0n) is 10.8. The van der Waals surface area contributed by atoms with Crippen LogP contribution in [-0.4, -0.2) is 41.5 Å². The van der Waals surface area contributed by atoms with E-state index in [9.17, 15) is 9.59 Å². The van der Waals surface area contributed by atoms with Crippen molar-refractivity contribution in [1.82, 2.24) is 4.98 Å². The molecule has 0 saturated heterocycles. The number of methoxy groups -OCH3 is 1. The van der Waals surface area contributed by atoms with E-state index in [0.29, 0.717) is 23.1 Å². The van der Waals surface area contributed by atoms with Crippen LogP contribution in [0.5, 0.6) is 0 Å². The van der Waals surface area contributed by atoms with Crippen molar-refractivity contribution in [2.24, 2.45) is 5.73 Å². The molecule has 0 fully saturated rings. The molecule has 3 N–H and O–H groups in total. The van der Waals surface area contributed by atoms with E-state index in [2.05, 4.69) is 15.0 Å². The number of esters is 1. The average molecular weight is 303 g/mol. The molecule has 1 aromatic heterocycles. The fourth-order valence-corrected chi connectivity index (χ4v) is 2.74. The van der Waals surface area contributed by atoms with Gasteiger partial charge in [-0.05, 0) is 19.1 Å². The van der Waals surface area contributed by atoms with Crippen molar-refractivity contribution in [3.05, 3.63) is 11.1 Å². The van der Waals surface area contributed by atoms with Crippen LogP contribution in [-0.2, 0) is 14.3 Å². The number of anilines is 1. The van der Waals surface area contributed by atoms with Crippen LogP contribution in [0, 0.1) is 6.92 Å². The molecule has 8 heteroatoms. The minimum absolute atomic E-state index is 0.106. The van der Waals surface area contributed by atoms with Crippen LogP contribution in [0.2, 0.25) is 0 Å². The molecule has 0 aliphatic heterocycles. The Labute approximate surface area is 120 Å². The normalized spacial score (nSPS) is 11.9. The van der Waals surface area contributed by atoms with Crippen LogP contribution in [0.1, 0.15) is 12.1 Å². The predicted molar refractivity (Wildman–Crippen MR) is 77.4 cm³/mol. The van der Waals surface area contributed by atoms with Gasteiger partial charge in [0.15, 0.2) is 5.13 Å². The number of carbonyl (C=O) groups excluding carboxylic acids is 2. The summed E-state index contributed by atoms with van der Waals surface area (Å²) in [5.41, 5.74) is 6.46. The first-order valence-corrected chi connectivity index (χ1v) is 7.69. The van der Waals surface area contributed by atoms with E-state index < -0.39 is 12.0 Å². The first-order valence-electron chi connectivity index (χ1n) is 5.66. The molecule has 0 radical (unpaired) electrons. The van der Waals surface area contributed by atoms with Crippen LogP contribution >= 0.6 is 23.1 Å². The summed E-state index contributed by atoms with van der Waals surface area (Å²) in [5, 5.41) is 5.19. The predicted octanol–water partition coefficient (Wildman–Crippen LogP) is 1.01. The minimum atomic E-state index is -0.623. The molecule has 0 aliphatic carbocycles. The second-order valence-corrected chi connectivity index (χ2v) is 5.78. The molecule has 6 nitrogen and oxygen atoms in total. The molecular weight excluding hydrogens is 286 g/mol. The second-order valence-electron chi connectivity index (χ2n) is 3.81. The summed E-state index contributed by atoms with van der Waals surface area (Å²) in [5.74, 6) is 0.405. The van der Waals surface area contributed by atoms with E-state index >= 15 is 0 Å². The quantitative estimate of drug-likeness (QED) is 0.577. The molecule has 0 aromatic carbocycles. The van der Waals surface area contributed by atoms with Crippen molar-refractivity contribution in [3.8, 4) is 0 Å². The summed E-state index contributed by atoms with van der Waals surface area (Å²) in [4.78, 5) is 26.7. The van der Waals surface area contributed by atoms with Gasteiger partial charge in [0.1, 0.15) is 6.04 Å². The zero-order valence-corrected chi connectivity index (χ0v) is 12.5. The van der Waals surface area contributed by atoms with Gasteiger partial charge in [-0.15, -0.1) is 11.3 Å². The van der Waals surface area contributed by atoms with Gasteiger partial charge in [0.05, 0.1) is 18.6 Å². The average Bonchev–Trinajstić information content (AvgIpc) is 2.78. The van der Waals surface area contributed by atoms with E-state index in [-0.39, 0.29) is 5.91 Å². The third-order valence-corrected chi connectivity index (χ3v) is 4.04. The van der Waals surface area contributed by atoms with E-state index in [1.165, 1.54) is 30.2 Å². The first kappa shape index (κ1) is 15.9. The van der Waals surface area contributed by atoms with Crippen LogP contribution in [0.25, 0.3) is 0 Å². The molecular formula is C11H17N3O3S2. The number of hydrogen-bond acceptors (Lipinski definition) is 7. The van der Waals surface area contributed by atoms with Gasteiger partial charge in [0.25, 0.3) is 0 Å². The molecule has 1 rings (SSSR count). The molecule has 0 bridgehead atoms. The molecule has 0 saturated carbocycles. The SMILES string of the molecule is COC(=O)C(N)CCSCC(=O)Nc1nc(C)cs1. The highest BCUT2D eigenvalue weighted by Gasteiger charge is 2.13. The standard InChI is InChI=1S/C11H17N3O3S2/c1-7-5-19-11(13-7)14-9(15)6-18-4-3-8(12)10(16)17-2/h5,8H,3-4,6,12H2,1-2H3,(H,13,14,15). The largest absolute Gasteiger partial charge is 0.468 e. The van der Waals surface area contributed by atoms with Gasteiger partial charge >= 0.3 is 5.97 Å². The van der Waals surface area contributed by atoms with Crippen LogP contribution < -0.4 is 11.1 Å². The number of hydrogen-bond donors (Lipinski definition) is 2. The Balaban J connectivity index is 2.15. The Kier molecular flexibility index (Phi) is 6.82. The van der Waals surface area contributed by atoms with Crippen molar-refractivity contribution in [1.29, 1.82) is 0 Å². The summed E-state index contributed by atoms with van der Waals surface area (Å²) >= 11 is 2.82. The molecule has 106 valence electrons. The summed E-state index contributed by atoms with van der Waals surface area (Å²) in [6.07, 6.45) is 0.487. The van der Waals surface area contributed by atoms with Gasteiger partial charge in [-0.2, -0.15) is 11.8 Å². The van der Waals surface area contributed by atoms with Gasteiger partial charge in [-0.25, -0.2) is 4.98 Å². The number of thioether (sulfide) groups is 1. The lowest BCUT2D eigenvalue weighted by Crippen LogP contribution is -2.32. The maximum Gasteiger partial charge on any atom is 0.322 e. The molecule has 19 heavy (non-hydrogen) atoms. The van der Waals surface area contributed by atoms with Gasteiger partial charge in [-0.3, -0.25) is 9.59 Å². The molecule has 1 unspecified atom stereocenters. The third kappa shape index (κ3) is 6.04. The second kappa shape index (κ2) is 8.13. The van der Waals surface area contributed by atoms with Gasteiger partial charge < -0.3 is 15.8 Å². The summed E-state index contributed by atoms with van der Waals surface area (Å²) in [6.45, 7) is 1.87. The fourth-order valence-electron chi connectivity index (χ4n) is 1.21. The van der Waals surface area contributed by atoms with E-state index in [1.807, 2.05) is 12.3 Å². The van der Waals surface area contributed by atoms with Crippen molar-refractivity contribution >= 4 is 40.1 Å². The molecule has 1 heterocycles. The Bertz CT molecular complexity index is 437. The van der Waals surface area contributed by atoms with Crippen molar-refractivity contribution < 1.29 is 14.3 Å². The van der Waals surface area contributed by atoms with Crippen molar-refractivity contribution in [2.75, 3.05) is 23.9 Å². The highest BCUT2D eigenvalue weighted by molar-refractivity contribution is 7.99. The van der Waals surface area contributed by atoms with E-state index in [4.69, 9.17) is 5.73 Å². The fraction of sp³-hybridized carbons (Fsp3) is 0.545. The third-order valence-electron chi connectivity index (χ3n) is 2.18. The number of thiazole rings is 1. The van der Waals surface area contributed by atoms with Crippen molar-refractivity contribution in [2.45, 2.75) is 19.4 Å². The summed E-state index contributed by atoms with van der Waals surface area (Å²) in [7, 11) is 1.30. The number of nitrogens with zero attached hydrogens (tertiary/aromatic N) is 1. The van der Waals surface area contributed by atoms with Crippen LogP contribution in [0.15, 0.2) is 5.38 Å². The van der Waals surface area contributed by atoms with E-state index in [1.54, 1.807) is 0 Å². The highest BCUT2D eigenvalue weighted by atomic mass is 32.2. The molecule has 1 atom stereocenters. The Morgan fingerprint density at radius 3 is 2.95 bits per heavy atom. The number of aromatic nitrogens is 1. The first-order chi connectivity index (χ1) is 9.02. The molecule has 0 spiro atoms. The van der Waals surface area contributed by atoms with Crippen LogP contribution in [0.4, 0.5) is 5.13 Å². The topological polar surface area (TPSA) is 94.3 Å². The number of carbonyl (C=O) groups is 2. The Morgan fingerprint density at radius 1 is 1.63 bits per heavy atom. The van der Waals surface area contributed by atoms with Crippen LogP contribution in [0.3, 0.4) is 0 Å². The lowest BCUT2D eigenvalue weighted by molar-refractivity contribution is -0.142. The number of nitrogens with two attached hydrogens (primary N) is 1. The van der Waals surface area contributed by atoms with Crippen molar-refractivity contribution in [3.63, 3.8) is 0 Å². The summed E-state index contributed by atoms with van der Waals surface area (Å²) < 4.78 is 4.51. The number of aryl methyl sites for hydroxylation is 1. The minimum Gasteiger partial charge on any atom is -0.468 e. The smallest absolute Gasteiger partial charge is 0.322 e. The molecule has 0 aliphatic rings. The maximum atomic E-state index is 11.6. The molecule has 1 amide bonds. The van der Waals surface area contributed by atoms with Gasteiger partial charge in [0, 0.05) is 5.38 Å². The highest BCUT2D eigenvalue weighted by Crippen LogP contribution is 2.15. The lowest BCUT2D eigenvalue weighted by atomic mass is 10.2. The number of ether oxygens (including phenoxy) is 1. The van der Waals surface area contributed by atoms with E-state index in [0.717, 1.165) is 5.69 Å².